The highest BCUT2D eigenvalue weighted by molar-refractivity contribution is 7.91. The van der Waals surface area contributed by atoms with Gasteiger partial charge in [0.25, 0.3) is 5.91 Å². The molecule has 0 aromatic carbocycles. The van der Waals surface area contributed by atoms with Gasteiger partial charge >= 0.3 is 0 Å². The zero-order chi connectivity index (χ0) is 16.7. The molecule has 0 saturated carbocycles. The second-order valence-corrected chi connectivity index (χ2v) is 10.6. The lowest BCUT2D eigenvalue weighted by molar-refractivity contribution is 0.0769. The van der Waals surface area contributed by atoms with E-state index in [1.807, 2.05) is 6.07 Å². The Kier molecular flexibility index (Phi) is 4.74. The number of hydrogen-bond donors (Lipinski definition) is 0. The molecular formula is C16H25NO3S2. The van der Waals surface area contributed by atoms with Crippen LogP contribution in [-0.2, 0) is 15.3 Å². The van der Waals surface area contributed by atoms with E-state index in [9.17, 15) is 13.2 Å². The average Bonchev–Trinajstić information content (AvgIpc) is 2.82. The van der Waals surface area contributed by atoms with Crippen LogP contribution in [0, 0.1) is 0 Å². The third kappa shape index (κ3) is 3.71. The number of amides is 1. The number of nitrogens with zero attached hydrogens (tertiary/aromatic N) is 1. The monoisotopic (exact) mass is 343 g/mol. The molecule has 1 aromatic rings. The quantitative estimate of drug-likeness (QED) is 0.829. The molecule has 0 N–H and O–H groups in total. The lowest BCUT2D eigenvalue weighted by atomic mass is 9.93. The van der Waals surface area contributed by atoms with Crippen LogP contribution in [0.15, 0.2) is 6.07 Å². The summed E-state index contributed by atoms with van der Waals surface area (Å²) in [5, 5.41) is 0. The Bertz CT molecular complexity index is 652. The van der Waals surface area contributed by atoms with Crippen molar-refractivity contribution in [3.63, 3.8) is 0 Å². The number of carbonyl (C=O) groups is 1. The third-order valence-electron chi connectivity index (χ3n) is 3.89. The largest absolute Gasteiger partial charge is 0.337 e. The van der Waals surface area contributed by atoms with Gasteiger partial charge in [0.15, 0.2) is 9.84 Å². The van der Waals surface area contributed by atoms with Gasteiger partial charge in [-0.15, -0.1) is 11.3 Å². The Morgan fingerprint density at radius 1 is 1.23 bits per heavy atom. The maximum Gasteiger partial charge on any atom is 0.255 e. The molecule has 0 bridgehead atoms. The van der Waals surface area contributed by atoms with Crippen molar-refractivity contribution in [2.75, 3.05) is 24.6 Å². The highest BCUT2D eigenvalue weighted by Crippen LogP contribution is 2.36. The van der Waals surface area contributed by atoms with Gasteiger partial charge in [0.05, 0.1) is 17.1 Å². The molecule has 0 aliphatic carbocycles. The number of sulfone groups is 1. The predicted octanol–water partition coefficient (Wildman–Crippen LogP) is 3.04. The number of thiophene rings is 1. The van der Waals surface area contributed by atoms with E-state index in [1.54, 1.807) is 16.2 Å². The summed E-state index contributed by atoms with van der Waals surface area (Å²) in [6.45, 7) is 11.2. The molecule has 1 aliphatic rings. The van der Waals surface area contributed by atoms with Crippen LogP contribution in [-0.4, -0.2) is 43.8 Å². The Morgan fingerprint density at radius 3 is 2.23 bits per heavy atom. The SMILES string of the molecule is CC(C)c1sc(C(C)(C)C)cc1C(=O)N1CCS(=O)(=O)CC1. The maximum absolute atomic E-state index is 12.8. The van der Waals surface area contributed by atoms with Gasteiger partial charge in [-0.3, -0.25) is 4.79 Å². The summed E-state index contributed by atoms with van der Waals surface area (Å²) in [7, 11) is -2.97. The Labute approximate surface area is 137 Å². The molecule has 2 rings (SSSR count). The minimum Gasteiger partial charge on any atom is -0.337 e. The first-order chi connectivity index (χ1) is 10.0. The topological polar surface area (TPSA) is 54.5 Å². The van der Waals surface area contributed by atoms with Crippen molar-refractivity contribution in [1.29, 1.82) is 0 Å². The van der Waals surface area contributed by atoms with Crippen molar-refractivity contribution in [3.8, 4) is 0 Å². The van der Waals surface area contributed by atoms with E-state index < -0.39 is 9.84 Å². The summed E-state index contributed by atoms with van der Waals surface area (Å²) >= 11 is 1.70. The molecule has 0 unspecified atom stereocenters. The third-order valence-corrected chi connectivity index (χ3v) is 7.36. The molecule has 1 aliphatic heterocycles. The van der Waals surface area contributed by atoms with Gasteiger partial charge in [0.2, 0.25) is 0 Å². The summed E-state index contributed by atoms with van der Waals surface area (Å²) in [4.78, 5) is 16.8. The second-order valence-electron chi connectivity index (χ2n) is 7.24. The van der Waals surface area contributed by atoms with Gasteiger partial charge in [0, 0.05) is 22.8 Å². The first-order valence-corrected chi connectivity index (χ1v) is 10.3. The molecule has 1 amide bonds. The maximum atomic E-state index is 12.8. The molecule has 0 radical (unpaired) electrons. The molecule has 6 heteroatoms. The van der Waals surface area contributed by atoms with Crippen LogP contribution in [0.5, 0.6) is 0 Å². The minimum absolute atomic E-state index is 0.0120. The molecule has 1 aromatic heterocycles. The second kappa shape index (κ2) is 5.96. The van der Waals surface area contributed by atoms with Gasteiger partial charge in [-0.1, -0.05) is 34.6 Å². The number of hydrogen-bond acceptors (Lipinski definition) is 4. The van der Waals surface area contributed by atoms with Crippen LogP contribution in [0.25, 0.3) is 0 Å². The molecule has 1 fully saturated rings. The number of rotatable bonds is 2. The summed E-state index contributed by atoms with van der Waals surface area (Å²) in [5.41, 5.74) is 0.766. The smallest absolute Gasteiger partial charge is 0.255 e. The molecule has 1 saturated heterocycles. The first kappa shape index (κ1) is 17.5. The standard InChI is InChI=1S/C16H25NO3S2/c1-11(2)14-12(10-13(21-14)16(3,4)5)15(18)17-6-8-22(19,20)9-7-17/h10-11H,6-9H2,1-5H3. The molecule has 124 valence electrons. The first-order valence-electron chi connectivity index (χ1n) is 7.65. The molecular weight excluding hydrogens is 318 g/mol. The lowest BCUT2D eigenvalue weighted by Gasteiger charge is -2.27. The molecule has 0 atom stereocenters. The summed E-state index contributed by atoms with van der Waals surface area (Å²) in [5.74, 6) is 0.414. The van der Waals surface area contributed by atoms with E-state index in [0.717, 1.165) is 10.4 Å². The van der Waals surface area contributed by atoms with E-state index in [-0.39, 0.29) is 28.7 Å². The number of carbonyl (C=O) groups excluding carboxylic acids is 1. The summed E-state index contributed by atoms with van der Waals surface area (Å²) < 4.78 is 23.1. The van der Waals surface area contributed by atoms with Gasteiger partial charge in [-0.05, 0) is 17.4 Å². The fourth-order valence-electron chi connectivity index (χ4n) is 2.46. The molecule has 4 nitrogen and oxygen atoms in total. The molecule has 2 heterocycles. The predicted molar refractivity (Wildman–Crippen MR) is 91.7 cm³/mol. The molecule has 22 heavy (non-hydrogen) atoms. The van der Waals surface area contributed by atoms with Crippen molar-refractivity contribution < 1.29 is 13.2 Å². The highest BCUT2D eigenvalue weighted by atomic mass is 32.2. The van der Waals surface area contributed by atoms with Crippen LogP contribution in [0.1, 0.15) is 60.6 Å². The Balaban J connectivity index is 2.31. The van der Waals surface area contributed by atoms with Crippen molar-refractivity contribution in [1.82, 2.24) is 4.90 Å². The van der Waals surface area contributed by atoms with Crippen LogP contribution in [0.4, 0.5) is 0 Å². The Hall–Kier alpha value is -0.880. The van der Waals surface area contributed by atoms with E-state index in [1.165, 1.54) is 4.88 Å². The van der Waals surface area contributed by atoms with Gasteiger partial charge in [-0.2, -0.15) is 0 Å². The van der Waals surface area contributed by atoms with Gasteiger partial charge < -0.3 is 4.90 Å². The van der Waals surface area contributed by atoms with Crippen LogP contribution in [0.2, 0.25) is 0 Å². The van der Waals surface area contributed by atoms with E-state index in [4.69, 9.17) is 0 Å². The van der Waals surface area contributed by atoms with Crippen LogP contribution < -0.4 is 0 Å². The van der Waals surface area contributed by atoms with Crippen LogP contribution >= 0.6 is 11.3 Å². The van der Waals surface area contributed by atoms with Crippen molar-refractivity contribution in [2.45, 2.75) is 46.0 Å². The zero-order valence-corrected chi connectivity index (χ0v) is 15.6. The van der Waals surface area contributed by atoms with E-state index in [2.05, 4.69) is 34.6 Å². The normalized spacial score (nSPS) is 18.7. The fourth-order valence-corrected chi connectivity index (χ4v) is 4.87. The van der Waals surface area contributed by atoms with Crippen LogP contribution in [0.3, 0.4) is 0 Å². The highest BCUT2D eigenvalue weighted by Gasteiger charge is 2.30. The van der Waals surface area contributed by atoms with Gasteiger partial charge in [-0.25, -0.2) is 8.42 Å². The fraction of sp³-hybridized carbons (Fsp3) is 0.688. The summed E-state index contributed by atoms with van der Waals surface area (Å²) in [6.07, 6.45) is 0. The van der Waals surface area contributed by atoms with Crippen molar-refractivity contribution >= 4 is 27.1 Å². The van der Waals surface area contributed by atoms with Crippen molar-refractivity contribution in [2.24, 2.45) is 0 Å². The summed E-state index contributed by atoms with van der Waals surface area (Å²) in [6, 6.07) is 2.01. The average molecular weight is 344 g/mol. The minimum atomic E-state index is -2.97. The van der Waals surface area contributed by atoms with E-state index in [0.29, 0.717) is 13.1 Å². The van der Waals surface area contributed by atoms with Gasteiger partial charge in [0.1, 0.15) is 0 Å². The molecule has 0 spiro atoms. The zero-order valence-electron chi connectivity index (χ0n) is 14.0. The Morgan fingerprint density at radius 2 is 1.77 bits per heavy atom. The van der Waals surface area contributed by atoms with E-state index >= 15 is 0 Å². The van der Waals surface area contributed by atoms with Crippen molar-refractivity contribution in [3.05, 3.63) is 21.4 Å². The lowest BCUT2D eigenvalue weighted by Crippen LogP contribution is -2.43.